The van der Waals surface area contributed by atoms with Crippen LogP contribution in [0.4, 0.5) is 10.1 Å². The van der Waals surface area contributed by atoms with Crippen molar-refractivity contribution in [3.8, 4) is 63.0 Å². The SMILES string of the molecule is [C-]#[N+]c1ccc(-c2ccc3c(c2)c2ccccc2n3-c2cc(C#N)cc(-n3c4ccccc4c4cc(-c5ccc(C#N)cc5)ccc43)c2-c2ccc(C#N)cc2F)cc1. The minimum atomic E-state index is -0.564. The standard InChI is InChI=1S/C52H27FN6/c1-57-39-19-15-36(16-20-39)38-18-23-49-44(28-38)41-7-3-5-9-47(41)59(49)51-26-34(31-56)25-50(52(51)42-21-12-33(30-55)24-45(42)53)58-46-8-4-2-6-40(46)43-27-37(17-22-48(43)58)35-13-10-32(29-54)11-14-35/h2-28H. The quantitative estimate of drug-likeness (QED) is 0.164. The van der Waals surface area contributed by atoms with Crippen LogP contribution in [0.15, 0.2) is 164 Å². The van der Waals surface area contributed by atoms with Gasteiger partial charge in [0.15, 0.2) is 5.69 Å². The maximum Gasteiger partial charge on any atom is 0.187 e. The molecule has 10 rings (SSSR count). The number of hydrogen-bond donors (Lipinski definition) is 0. The van der Waals surface area contributed by atoms with Crippen molar-refractivity contribution in [1.82, 2.24) is 9.13 Å². The zero-order valence-corrected chi connectivity index (χ0v) is 31.1. The number of fused-ring (bicyclic) bond motifs is 6. The molecule has 2 aromatic heterocycles. The van der Waals surface area contributed by atoms with Crippen LogP contribution in [0.1, 0.15) is 16.7 Å². The molecule has 0 bridgehead atoms. The Hall–Kier alpha value is -8.75. The Morgan fingerprint density at radius 2 is 0.898 bits per heavy atom. The van der Waals surface area contributed by atoms with E-state index < -0.39 is 5.82 Å². The first-order chi connectivity index (χ1) is 29.0. The summed E-state index contributed by atoms with van der Waals surface area (Å²) >= 11 is 0. The van der Waals surface area contributed by atoms with Crippen molar-refractivity contribution in [3.63, 3.8) is 0 Å². The van der Waals surface area contributed by atoms with E-state index in [4.69, 9.17) is 6.57 Å². The van der Waals surface area contributed by atoms with Crippen LogP contribution >= 0.6 is 0 Å². The van der Waals surface area contributed by atoms with Crippen molar-refractivity contribution in [2.24, 2.45) is 0 Å². The molecule has 7 heteroatoms. The number of aromatic nitrogens is 2. The molecule has 272 valence electrons. The smallest absolute Gasteiger partial charge is 0.187 e. The molecule has 0 saturated carbocycles. The first kappa shape index (κ1) is 34.7. The van der Waals surface area contributed by atoms with Gasteiger partial charge in [0, 0.05) is 32.7 Å². The lowest BCUT2D eigenvalue weighted by atomic mass is 9.96. The zero-order chi connectivity index (χ0) is 40.2. The molecule has 59 heavy (non-hydrogen) atoms. The van der Waals surface area contributed by atoms with Gasteiger partial charge < -0.3 is 9.13 Å². The van der Waals surface area contributed by atoms with Gasteiger partial charge in [-0.25, -0.2) is 9.24 Å². The average molecular weight is 755 g/mol. The van der Waals surface area contributed by atoms with Gasteiger partial charge >= 0.3 is 0 Å². The van der Waals surface area contributed by atoms with Crippen molar-refractivity contribution in [3.05, 3.63) is 198 Å². The third-order valence-corrected chi connectivity index (χ3v) is 11.1. The lowest BCUT2D eigenvalue weighted by Crippen LogP contribution is -2.06. The van der Waals surface area contributed by atoms with E-state index in [0.29, 0.717) is 33.8 Å². The molecule has 2 heterocycles. The van der Waals surface area contributed by atoms with Crippen molar-refractivity contribution in [2.45, 2.75) is 0 Å². The number of para-hydroxylation sites is 2. The molecule has 0 N–H and O–H groups in total. The van der Waals surface area contributed by atoms with Gasteiger partial charge in [-0.1, -0.05) is 84.9 Å². The van der Waals surface area contributed by atoms with E-state index in [1.54, 1.807) is 24.3 Å². The van der Waals surface area contributed by atoms with E-state index in [0.717, 1.165) is 65.9 Å². The second kappa shape index (κ2) is 13.8. The van der Waals surface area contributed by atoms with Gasteiger partial charge in [0.2, 0.25) is 0 Å². The summed E-state index contributed by atoms with van der Waals surface area (Å²) in [6, 6.07) is 58.4. The number of nitrogens with zero attached hydrogens (tertiary/aromatic N) is 6. The Morgan fingerprint density at radius 3 is 1.39 bits per heavy atom. The van der Waals surface area contributed by atoms with E-state index in [1.807, 2.05) is 103 Å². The molecule has 0 aliphatic carbocycles. The fraction of sp³-hybridized carbons (Fsp3) is 0. The monoisotopic (exact) mass is 754 g/mol. The van der Waals surface area contributed by atoms with E-state index >= 15 is 4.39 Å². The first-order valence-corrected chi connectivity index (χ1v) is 18.8. The highest BCUT2D eigenvalue weighted by Gasteiger charge is 2.25. The molecule has 0 amide bonds. The Kier molecular flexibility index (Phi) is 8.10. The number of halogens is 1. The number of nitriles is 3. The van der Waals surface area contributed by atoms with Gasteiger partial charge in [0.05, 0.1) is 74.9 Å². The maximum atomic E-state index is 16.7. The van der Waals surface area contributed by atoms with Gasteiger partial charge in [-0.2, -0.15) is 15.8 Å². The fourth-order valence-corrected chi connectivity index (χ4v) is 8.38. The number of hydrogen-bond acceptors (Lipinski definition) is 3. The van der Waals surface area contributed by atoms with Crippen molar-refractivity contribution in [2.75, 3.05) is 0 Å². The second-order valence-electron chi connectivity index (χ2n) is 14.3. The van der Waals surface area contributed by atoms with Crippen molar-refractivity contribution >= 4 is 49.3 Å². The van der Waals surface area contributed by atoms with Crippen LogP contribution in [0.2, 0.25) is 0 Å². The largest absolute Gasteiger partial charge is 0.308 e. The Balaban J connectivity index is 1.30. The summed E-state index contributed by atoms with van der Waals surface area (Å²) in [6.45, 7) is 7.39. The van der Waals surface area contributed by atoms with E-state index in [2.05, 4.69) is 62.5 Å². The van der Waals surface area contributed by atoms with Crippen LogP contribution in [0.5, 0.6) is 0 Å². The molecule has 0 radical (unpaired) electrons. The summed E-state index contributed by atoms with van der Waals surface area (Å²) in [5.74, 6) is -0.564. The van der Waals surface area contributed by atoms with E-state index in [-0.39, 0.29) is 11.1 Å². The van der Waals surface area contributed by atoms with Crippen LogP contribution in [-0.4, -0.2) is 9.13 Å². The summed E-state index contributed by atoms with van der Waals surface area (Å²) in [5, 5.41) is 33.7. The Labute approximate surface area is 338 Å². The van der Waals surface area contributed by atoms with Gasteiger partial charge in [-0.15, -0.1) is 0 Å². The van der Waals surface area contributed by atoms with Gasteiger partial charge in [0.25, 0.3) is 0 Å². The molecular formula is C52H27FN6. The summed E-state index contributed by atoms with van der Waals surface area (Å²) in [7, 11) is 0. The topological polar surface area (TPSA) is 85.6 Å². The molecule has 0 aliphatic heterocycles. The highest BCUT2D eigenvalue weighted by molar-refractivity contribution is 6.13. The molecule has 0 saturated heterocycles. The average Bonchev–Trinajstić information content (AvgIpc) is 3.80. The van der Waals surface area contributed by atoms with Crippen LogP contribution in [0.3, 0.4) is 0 Å². The maximum absolute atomic E-state index is 16.7. The number of rotatable bonds is 5. The minimum Gasteiger partial charge on any atom is -0.308 e. The van der Waals surface area contributed by atoms with Crippen LogP contribution in [0, 0.1) is 46.4 Å². The number of benzene rings is 8. The molecule has 0 unspecified atom stereocenters. The summed E-state index contributed by atoms with van der Waals surface area (Å²) in [5.41, 5.74) is 11.1. The van der Waals surface area contributed by atoms with Gasteiger partial charge in [-0.3, -0.25) is 0 Å². The van der Waals surface area contributed by atoms with Crippen molar-refractivity contribution in [1.29, 1.82) is 15.8 Å². The summed E-state index contributed by atoms with van der Waals surface area (Å²) in [4.78, 5) is 3.55. The normalized spacial score (nSPS) is 11.1. The van der Waals surface area contributed by atoms with E-state index in [9.17, 15) is 15.8 Å². The molecule has 0 fully saturated rings. The zero-order valence-electron chi connectivity index (χ0n) is 31.1. The first-order valence-electron chi connectivity index (χ1n) is 18.8. The fourth-order valence-electron chi connectivity index (χ4n) is 8.38. The predicted molar refractivity (Wildman–Crippen MR) is 232 cm³/mol. The van der Waals surface area contributed by atoms with Gasteiger partial charge in [-0.05, 0) is 101 Å². The molecule has 0 atom stereocenters. The van der Waals surface area contributed by atoms with Crippen LogP contribution < -0.4 is 0 Å². The molecule has 0 spiro atoms. The third kappa shape index (κ3) is 5.59. The highest BCUT2D eigenvalue weighted by Crippen LogP contribution is 2.44. The van der Waals surface area contributed by atoms with Crippen LogP contribution in [0.25, 0.3) is 93.2 Å². The molecular weight excluding hydrogens is 728 g/mol. The Morgan fingerprint density at radius 1 is 0.441 bits per heavy atom. The predicted octanol–water partition coefficient (Wildman–Crippen LogP) is 13.2. The molecule has 6 nitrogen and oxygen atoms in total. The Bertz CT molecular complexity index is 3350. The van der Waals surface area contributed by atoms with Gasteiger partial charge in [0.1, 0.15) is 5.82 Å². The highest BCUT2D eigenvalue weighted by atomic mass is 19.1. The van der Waals surface area contributed by atoms with Crippen LogP contribution in [-0.2, 0) is 0 Å². The van der Waals surface area contributed by atoms with E-state index in [1.165, 1.54) is 6.07 Å². The lowest BCUT2D eigenvalue weighted by molar-refractivity contribution is 0.630. The lowest BCUT2D eigenvalue weighted by Gasteiger charge is -2.21. The molecule has 8 aromatic carbocycles. The summed E-state index contributed by atoms with van der Waals surface area (Å²) in [6.07, 6.45) is 0. The minimum absolute atomic E-state index is 0.198. The molecule has 10 aromatic rings. The van der Waals surface area contributed by atoms with Crippen molar-refractivity contribution < 1.29 is 4.39 Å². The second-order valence-corrected chi connectivity index (χ2v) is 14.3. The molecule has 0 aliphatic rings. The summed E-state index contributed by atoms with van der Waals surface area (Å²) < 4.78 is 20.9. The third-order valence-electron chi connectivity index (χ3n) is 11.1.